The van der Waals surface area contributed by atoms with E-state index >= 15 is 0 Å². The van der Waals surface area contributed by atoms with E-state index in [9.17, 15) is 23.1 Å². The number of rotatable bonds is 2. The molecule has 1 atom stereocenters. The molecular weight excluding hydrogens is 299 g/mol. The number of hydrogen-bond donors (Lipinski definition) is 1. The number of aryl methyl sites for hydroxylation is 1. The van der Waals surface area contributed by atoms with Crippen LogP contribution in [0.2, 0.25) is 0 Å². The molecular formula is C14H12F3N3O2. The fourth-order valence-electron chi connectivity index (χ4n) is 2.62. The quantitative estimate of drug-likeness (QED) is 0.926. The Morgan fingerprint density at radius 3 is 2.73 bits per heavy atom. The number of fused-ring (bicyclic) bond motifs is 1. The van der Waals surface area contributed by atoms with Crippen molar-refractivity contribution in [3.63, 3.8) is 0 Å². The van der Waals surface area contributed by atoms with E-state index in [0.717, 1.165) is 6.07 Å². The molecule has 0 fully saturated rings. The van der Waals surface area contributed by atoms with Gasteiger partial charge in [-0.15, -0.1) is 5.10 Å². The fraction of sp³-hybridized carbons (Fsp3) is 0.357. The van der Waals surface area contributed by atoms with Crippen LogP contribution in [-0.2, 0) is 17.4 Å². The summed E-state index contributed by atoms with van der Waals surface area (Å²) in [7, 11) is 0. The largest absolute Gasteiger partial charge is 0.480 e. The van der Waals surface area contributed by atoms with Gasteiger partial charge in [-0.3, -0.25) is 0 Å². The minimum Gasteiger partial charge on any atom is -0.480 e. The molecule has 1 aliphatic rings. The van der Waals surface area contributed by atoms with Crippen LogP contribution in [0.1, 0.15) is 30.3 Å². The zero-order chi connectivity index (χ0) is 15.9. The lowest BCUT2D eigenvalue weighted by molar-refractivity contribution is -0.142. The van der Waals surface area contributed by atoms with Crippen molar-refractivity contribution in [3.05, 3.63) is 35.7 Å². The topological polar surface area (TPSA) is 68.0 Å². The first kappa shape index (κ1) is 14.6. The summed E-state index contributed by atoms with van der Waals surface area (Å²) in [6.07, 6.45) is -3.00. The summed E-state index contributed by atoms with van der Waals surface area (Å²) in [6.45, 7) is 0. The van der Waals surface area contributed by atoms with Crippen LogP contribution in [0, 0.1) is 0 Å². The minimum atomic E-state index is -4.52. The van der Waals surface area contributed by atoms with Gasteiger partial charge in [-0.2, -0.15) is 13.2 Å². The molecule has 116 valence electrons. The molecule has 22 heavy (non-hydrogen) atoms. The molecule has 0 saturated heterocycles. The van der Waals surface area contributed by atoms with Crippen LogP contribution in [0.3, 0.4) is 0 Å². The van der Waals surface area contributed by atoms with Gasteiger partial charge in [0, 0.05) is 12.0 Å². The summed E-state index contributed by atoms with van der Waals surface area (Å²) >= 11 is 0. The van der Waals surface area contributed by atoms with E-state index in [4.69, 9.17) is 0 Å². The second kappa shape index (κ2) is 5.11. The summed E-state index contributed by atoms with van der Waals surface area (Å²) in [5, 5.41) is 13.2. The highest BCUT2D eigenvalue weighted by molar-refractivity contribution is 5.72. The van der Waals surface area contributed by atoms with Gasteiger partial charge in [-0.25, -0.2) is 14.5 Å². The van der Waals surface area contributed by atoms with E-state index in [2.05, 4.69) is 10.1 Å². The molecule has 0 bridgehead atoms. The maximum Gasteiger partial charge on any atom is 0.417 e. The van der Waals surface area contributed by atoms with Gasteiger partial charge in [0.05, 0.1) is 5.56 Å². The lowest BCUT2D eigenvalue weighted by Crippen LogP contribution is -2.25. The fourth-order valence-corrected chi connectivity index (χ4v) is 2.62. The van der Waals surface area contributed by atoms with Crippen LogP contribution in [0.15, 0.2) is 24.3 Å². The van der Waals surface area contributed by atoms with Crippen molar-refractivity contribution in [2.75, 3.05) is 0 Å². The molecule has 2 aromatic rings. The number of aromatic nitrogens is 3. The van der Waals surface area contributed by atoms with Crippen LogP contribution in [0.25, 0.3) is 11.4 Å². The van der Waals surface area contributed by atoms with Crippen LogP contribution in [0.5, 0.6) is 0 Å². The third kappa shape index (κ3) is 2.44. The predicted molar refractivity (Wildman–Crippen MR) is 70.1 cm³/mol. The molecule has 1 unspecified atom stereocenters. The highest BCUT2D eigenvalue weighted by Crippen LogP contribution is 2.36. The highest BCUT2D eigenvalue weighted by Gasteiger charge is 2.35. The molecule has 1 aliphatic heterocycles. The van der Waals surface area contributed by atoms with Crippen molar-refractivity contribution in [1.82, 2.24) is 14.8 Å². The lowest BCUT2D eigenvalue weighted by Gasteiger charge is -2.19. The van der Waals surface area contributed by atoms with E-state index in [1.165, 1.54) is 22.9 Å². The maximum atomic E-state index is 13.1. The Morgan fingerprint density at radius 1 is 1.32 bits per heavy atom. The summed E-state index contributed by atoms with van der Waals surface area (Å²) in [4.78, 5) is 15.3. The number of benzene rings is 1. The van der Waals surface area contributed by atoms with Crippen molar-refractivity contribution < 1.29 is 23.1 Å². The van der Waals surface area contributed by atoms with E-state index in [0.29, 0.717) is 25.1 Å². The predicted octanol–water partition coefficient (Wildman–Crippen LogP) is 2.93. The van der Waals surface area contributed by atoms with Gasteiger partial charge in [-0.1, -0.05) is 18.2 Å². The molecule has 0 amide bonds. The average molecular weight is 311 g/mol. The zero-order valence-corrected chi connectivity index (χ0v) is 11.3. The van der Waals surface area contributed by atoms with Gasteiger partial charge < -0.3 is 5.11 Å². The molecule has 1 aromatic carbocycles. The SMILES string of the molecule is O=C(O)C1CCCc2nc(-c3ccccc3C(F)(F)F)nn21. The van der Waals surface area contributed by atoms with Gasteiger partial charge in [-0.05, 0) is 18.9 Å². The van der Waals surface area contributed by atoms with E-state index < -0.39 is 23.8 Å². The van der Waals surface area contributed by atoms with Gasteiger partial charge in [0.2, 0.25) is 0 Å². The first-order valence-corrected chi connectivity index (χ1v) is 6.73. The van der Waals surface area contributed by atoms with Crippen molar-refractivity contribution >= 4 is 5.97 Å². The average Bonchev–Trinajstić information content (AvgIpc) is 2.89. The maximum absolute atomic E-state index is 13.1. The van der Waals surface area contributed by atoms with Crippen molar-refractivity contribution in [1.29, 1.82) is 0 Å². The third-order valence-electron chi connectivity index (χ3n) is 3.63. The summed E-state index contributed by atoms with van der Waals surface area (Å²) < 4.78 is 40.4. The lowest BCUT2D eigenvalue weighted by atomic mass is 10.1. The molecule has 1 aromatic heterocycles. The molecule has 5 nitrogen and oxygen atoms in total. The Bertz CT molecular complexity index is 724. The molecule has 0 spiro atoms. The number of hydrogen-bond acceptors (Lipinski definition) is 3. The van der Waals surface area contributed by atoms with Gasteiger partial charge >= 0.3 is 12.1 Å². The van der Waals surface area contributed by atoms with Crippen LogP contribution in [-0.4, -0.2) is 25.8 Å². The summed E-state index contributed by atoms with van der Waals surface area (Å²) in [5.74, 6) is -0.733. The van der Waals surface area contributed by atoms with Crippen molar-refractivity contribution in [2.45, 2.75) is 31.5 Å². The number of carboxylic acids is 1. The molecule has 0 saturated carbocycles. The van der Waals surface area contributed by atoms with Gasteiger partial charge in [0.1, 0.15) is 5.82 Å². The second-order valence-electron chi connectivity index (χ2n) is 5.09. The van der Waals surface area contributed by atoms with Crippen LogP contribution >= 0.6 is 0 Å². The van der Waals surface area contributed by atoms with E-state index in [-0.39, 0.29) is 11.4 Å². The summed E-state index contributed by atoms with van der Waals surface area (Å²) in [5.41, 5.74) is -0.967. The number of carbonyl (C=O) groups is 1. The minimum absolute atomic E-state index is 0.0870. The number of carboxylic acid groups (broad SMARTS) is 1. The van der Waals surface area contributed by atoms with Crippen molar-refractivity contribution in [3.8, 4) is 11.4 Å². The Morgan fingerprint density at radius 2 is 2.05 bits per heavy atom. The second-order valence-corrected chi connectivity index (χ2v) is 5.09. The zero-order valence-electron chi connectivity index (χ0n) is 11.3. The molecule has 3 rings (SSSR count). The van der Waals surface area contributed by atoms with Gasteiger partial charge in [0.25, 0.3) is 0 Å². The first-order chi connectivity index (χ1) is 10.4. The third-order valence-corrected chi connectivity index (χ3v) is 3.63. The number of aliphatic carboxylic acids is 1. The van der Waals surface area contributed by atoms with E-state index in [1.54, 1.807) is 0 Å². The van der Waals surface area contributed by atoms with Crippen LogP contribution < -0.4 is 0 Å². The Kier molecular flexibility index (Phi) is 3.38. The highest BCUT2D eigenvalue weighted by atomic mass is 19.4. The molecule has 8 heteroatoms. The Balaban J connectivity index is 2.10. The number of nitrogens with zero attached hydrogens (tertiary/aromatic N) is 3. The monoisotopic (exact) mass is 311 g/mol. The molecule has 2 heterocycles. The standard InChI is InChI=1S/C14H12F3N3O2/c15-14(16,17)9-5-2-1-4-8(9)12-18-11-7-3-6-10(13(21)22)20(11)19-12/h1-2,4-5,10H,3,6-7H2,(H,21,22). The normalized spacial score (nSPS) is 18.0. The molecule has 0 radical (unpaired) electrons. The molecule has 0 aliphatic carbocycles. The van der Waals surface area contributed by atoms with Crippen molar-refractivity contribution in [2.24, 2.45) is 0 Å². The number of halogens is 3. The van der Waals surface area contributed by atoms with E-state index in [1.807, 2.05) is 0 Å². The first-order valence-electron chi connectivity index (χ1n) is 6.73. The Hall–Kier alpha value is -2.38. The number of alkyl halides is 3. The summed E-state index contributed by atoms with van der Waals surface area (Å²) in [6, 6.07) is 4.15. The van der Waals surface area contributed by atoms with Gasteiger partial charge in [0.15, 0.2) is 11.9 Å². The van der Waals surface area contributed by atoms with Crippen LogP contribution in [0.4, 0.5) is 13.2 Å². The Labute approximate surface area is 123 Å². The molecule has 1 N–H and O–H groups in total. The smallest absolute Gasteiger partial charge is 0.417 e.